The minimum absolute atomic E-state index is 0.0145. The van der Waals surface area contributed by atoms with Crippen molar-refractivity contribution in [3.63, 3.8) is 0 Å². The molecule has 1 heterocycles. The maximum absolute atomic E-state index is 12.4. The minimum Gasteiger partial charge on any atom is -0.405 e. The normalized spacial score (nSPS) is 21.7. The fourth-order valence-corrected chi connectivity index (χ4v) is 2.36. The van der Waals surface area contributed by atoms with Gasteiger partial charge in [0.1, 0.15) is 5.75 Å². The summed E-state index contributed by atoms with van der Waals surface area (Å²) in [5.41, 5.74) is 0.259. The number of nitrogens with one attached hydrogen (secondary N) is 1. The number of likely N-dealkylation sites (N-methyl/N-ethyl adjacent to an activating group) is 1. The van der Waals surface area contributed by atoms with Crippen LogP contribution >= 0.6 is 0 Å². The molecule has 1 aromatic rings. The number of ether oxygens (including phenoxy) is 1. The quantitative estimate of drug-likeness (QED) is 0.878. The number of hydrogen-bond acceptors (Lipinski definition) is 4. The molecule has 22 heavy (non-hydrogen) atoms. The number of halogens is 3. The molecule has 0 saturated carbocycles. The summed E-state index contributed by atoms with van der Waals surface area (Å²) in [6.45, 7) is 0.317. The van der Waals surface area contributed by atoms with Gasteiger partial charge >= 0.3 is 6.36 Å². The fraction of sp³-hybridized carbons (Fsp3) is 0.500. The van der Waals surface area contributed by atoms with E-state index >= 15 is 0 Å². The molecule has 1 saturated heterocycles. The number of β-amino-alcohol motifs (C(OH)–C–C–N with tert-alkyl or cyclic N) is 1. The van der Waals surface area contributed by atoms with E-state index in [1.54, 1.807) is 6.07 Å². The SMILES string of the molecule is CN(Cc1ccccc1OC(F)(F)F)C(=O)C1CC(O)CN1. The Morgan fingerprint density at radius 2 is 2.14 bits per heavy atom. The van der Waals surface area contributed by atoms with E-state index in [0.717, 1.165) is 0 Å². The van der Waals surface area contributed by atoms with Gasteiger partial charge < -0.3 is 20.1 Å². The zero-order valence-electron chi connectivity index (χ0n) is 11.9. The predicted octanol–water partition coefficient (Wildman–Crippen LogP) is 1.27. The monoisotopic (exact) mass is 318 g/mol. The largest absolute Gasteiger partial charge is 0.573 e. The Morgan fingerprint density at radius 1 is 1.45 bits per heavy atom. The van der Waals surface area contributed by atoms with Crippen LogP contribution in [-0.2, 0) is 11.3 Å². The third kappa shape index (κ3) is 4.35. The van der Waals surface area contributed by atoms with Gasteiger partial charge in [0.25, 0.3) is 0 Å². The third-order valence-electron chi connectivity index (χ3n) is 3.39. The Balaban J connectivity index is 2.05. The smallest absolute Gasteiger partial charge is 0.405 e. The van der Waals surface area contributed by atoms with Crippen molar-refractivity contribution in [1.29, 1.82) is 0 Å². The molecule has 1 amide bonds. The Kier molecular flexibility index (Phi) is 4.92. The number of carbonyl (C=O) groups excluding carboxylic acids is 1. The van der Waals surface area contributed by atoms with Crippen molar-refractivity contribution in [2.45, 2.75) is 31.5 Å². The van der Waals surface area contributed by atoms with E-state index in [9.17, 15) is 23.1 Å². The molecule has 2 unspecified atom stereocenters. The third-order valence-corrected chi connectivity index (χ3v) is 3.39. The van der Waals surface area contributed by atoms with E-state index in [2.05, 4.69) is 10.1 Å². The van der Waals surface area contributed by atoms with Crippen LogP contribution in [0.4, 0.5) is 13.2 Å². The summed E-state index contributed by atoms with van der Waals surface area (Å²) in [7, 11) is 1.50. The second kappa shape index (κ2) is 6.53. The number of aliphatic hydroxyl groups excluding tert-OH is 1. The summed E-state index contributed by atoms with van der Waals surface area (Å²) in [5, 5.41) is 12.3. The molecule has 2 rings (SSSR count). The van der Waals surface area contributed by atoms with E-state index in [1.807, 2.05) is 0 Å². The number of nitrogens with zero attached hydrogens (tertiary/aromatic N) is 1. The van der Waals surface area contributed by atoms with Gasteiger partial charge in [-0.1, -0.05) is 18.2 Å². The average molecular weight is 318 g/mol. The van der Waals surface area contributed by atoms with Crippen molar-refractivity contribution < 1.29 is 27.8 Å². The minimum atomic E-state index is -4.78. The molecule has 2 atom stereocenters. The average Bonchev–Trinajstić information content (AvgIpc) is 2.85. The summed E-state index contributed by atoms with van der Waals surface area (Å²) >= 11 is 0. The molecular formula is C14H17F3N2O3. The molecule has 2 N–H and O–H groups in total. The molecule has 0 aliphatic carbocycles. The fourth-order valence-electron chi connectivity index (χ4n) is 2.36. The van der Waals surface area contributed by atoms with Crippen LogP contribution in [0.5, 0.6) is 5.75 Å². The summed E-state index contributed by atoms with van der Waals surface area (Å²) in [6, 6.07) is 5.17. The molecule has 8 heteroatoms. The number of amides is 1. The number of carbonyl (C=O) groups is 1. The van der Waals surface area contributed by atoms with Crippen LogP contribution in [0.25, 0.3) is 0 Å². The topological polar surface area (TPSA) is 61.8 Å². The van der Waals surface area contributed by atoms with E-state index in [0.29, 0.717) is 13.0 Å². The van der Waals surface area contributed by atoms with Gasteiger partial charge in [0.05, 0.1) is 12.1 Å². The first kappa shape index (κ1) is 16.6. The van der Waals surface area contributed by atoms with Crippen LogP contribution in [0.1, 0.15) is 12.0 Å². The van der Waals surface area contributed by atoms with Crippen LogP contribution in [0.3, 0.4) is 0 Å². The highest BCUT2D eigenvalue weighted by Crippen LogP contribution is 2.27. The van der Waals surface area contributed by atoms with E-state index < -0.39 is 18.5 Å². The first-order chi connectivity index (χ1) is 10.3. The number of hydrogen-bond donors (Lipinski definition) is 2. The molecule has 0 spiro atoms. The molecule has 1 aliphatic rings. The molecule has 0 bridgehead atoms. The maximum atomic E-state index is 12.4. The van der Waals surface area contributed by atoms with Crippen LogP contribution in [-0.4, -0.2) is 48.0 Å². The molecule has 0 aromatic heterocycles. The molecule has 0 radical (unpaired) electrons. The zero-order valence-corrected chi connectivity index (χ0v) is 11.9. The molecule has 1 fully saturated rings. The number of rotatable bonds is 4. The first-order valence-corrected chi connectivity index (χ1v) is 6.76. The summed E-state index contributed by atoms with van der Waals surface area (Å²) in [5.74, 6) is -0.604. The van der Waals surface area contributed by atoms with E-state index in [-0.39, 0.29) is 23.8 Å². The lowest BCUT2D eigenvalue weighted by Crippen LogP contribution is -2.41. The Bertz CT molecular complexity index is 536. The van der Waals surface area contributed by atoms with Crippen LogP contribution in [0.2, 0.25) is 0 Å². The lowest BCUT2D eigenvalue weighted by atomic mass is 10.1. The number of para-hydroxylation sites is 1. The first-order valence-electron chi connectivity index (χ1n) is 6.76. The van der Waals surface area contributed by atoms with E-state index in [4.69, 9.17) is 0 Å². The summed E-state index contributed by atoms with van der Waals surface area (Å²) in [4.78, 5) is 13.5. The van der Waals surface area contributed by atoms with Crippen molar-refractivity contribution in [2.24, 2.45) is 0 Å². The van der Waals surface area contributed by atoms with Crippen molar-refractivity contribution in [2.75, 3.05) is 13.6 Å². The van der Waals surface area contributed by atoms with Crippen molar-refractivity contribution in [3.8, 4) is 5.75 Å². The number of benzene rings is 1. The van der Waals surface area contributed by atoms with Gasteiger partial charge in [0.2, 0.25) is 5.91 Å². The Labute approximate surface area is 125 Å². The lowest BCUT2D eigenvalue weighted by Gasteiger charge is -2.22. The highest BCUT2D eigenvalue weighted by atomic mass is 19.4. The van der Waals surface area contributed by atoms with Gasteiger partial charge in [0.15, 0.2) is 0 Å². The van der Waals surface area contributed by atoms with Crippen molar-refractivity contribution in [1.82, 2.24) is 10.2 Å². The van der Waals surface area contributed by atoms with E-state index in [1.165, 1.54) is 30.1 Å². The number of alkyl halides is 3. The molecule has 1 aliphatic heterocycles. The lowest BCUT2D eigenvalue weighted by molar-refractivity contribution is -0.275. The van der Waals surface area contributed by atoms with Gasteiger partial charge in [-0.2, -0.15) is 0 Å². The molecule has 5 nitrogen and oxygen atoms in total. The zero-order chi connectivity index (χ0) is 16.3. The van der Waals surface area contributed by atoms with Crippen molar-refractivity contribution in [3.05, 3.63) is 29.8 Å². The highest BCUT2D eigenvalue weighted by molar-refractivity contribution is 5.82. The molecule has 1 aromatic carbocycles. The predicted molar refractivity (Wildman–Crippen MR) is 72.0 cm³/mol. The van der Waals surface area contributed by atoms with Crippen LogP contribution < -0.4 is 10.1 Å². The van der Waals surface area contributed by atoms with Crippen LogP contribution in [0, 0.1) is 0 Å². The molecule has 122 valence electrons. The standard InChI is InChI=1S/C14H17F3N2O3/c1-19(13(21)11-6-10(20)7-18-11)8-9-4-2-3-5-12(9)22-14(15,16)17/h2-5,10-11,18,20H,6-8H2,1H3. The van der Waals surface area contributed by atoms with Gasteiger partial charge in [-0.05, 0) is 12.5 Å². The molecular weight excluding hydrogens is 301 g/mol. The Morgan fingerprint density at radius 3 is 2.73 bits per heavy atom. The summed E-state index contributed by atoms with van der Waals surface area (Å²) in [6.07, 6.45) is -5.07. The summed E-state index contributed by atoms with van der Waals surface area (Å²) < 4.78 is 41.1. The number of aliphatic hydroxyl groups is 1. The van der Waals surface area contributed by atoms with Crippen LogP contribution in [0.15, 0.2) is 24.3 Å². The Hall–Kier alpha value is -1.80. The van der Waals surface area contributed by atoms with Gasteiger partial charge in [-0.3, -0.25) is 4.79 Å². The van der Waals surface area contributed by atoms with Gasteiger partial charge in [-0.15, -0.1) is 13.2 Å². The van der Waals surface area contributed by atoms with Gasteiger partial charge in [-0.25, -0.2) is 0 Å². The maximum Gasteiger partial charge on any atom is 0.573 e. The van der Waals surface area contributed by atoms with Gasteiger partial charge in [0, 0.05) is 25.7 Å². The second-order valence-corrected chi connectivity index (χ2v) is 5.20. The second-order valence-electron chi connectivity index (χ2n) is 5.20. The van der Waals surface area contributed by atoms with Crippen molar-refractivity contribution >= 4 is 5.91 Å². The highest BCUT2D eigenvalue weighted by Gasteiger charge is 2.33.